The van der Waals surface area contributed by atoms with Crippen molar-refractivity contribution in [2.75, 3.05) is 7.11 Å². The molecule has 0 aliphatic carbocycles. The van der Waals surface area contributed by atoms with Gasteiger partial charge in [-0.2, -0.15) is 0 Å². The van der Waals surface area contributed by atoms with E-state index in [9.17, 15) is 5.11 Å². The lowest BCUT2D eigenvalue weighted by Crippen LogP contribution is -1.94. The van der Waals surface area contributed by atoms with Crippen LogP contribution in [0.15, 0.2) is 18.2 Å². The number of ether oxygens (including phenoxy) is 1. The lowest BCUT2D eigenvalue weighted by atomic mass is 9.95. The van der Waals surface area contributed by atoms with E-state index in [4.69, 9.17) is 4.74 Å². The van der Waals surface area contributed by atoms with Gasteiger partial charge >= 0.3 is 0 Å². The monoisotopic (exact) mass is 208 g/mol. The Labute approximate surface area is 91.9 Å². The summed E-state index contributed by atoms with van der Waals surface area (Å²) in [6.45, 7) is 4.41. The molecule has 0 amide bonds. The molecule has 0 aliphatic heterocycles. The second-order valence-electron chi connectivity index (χ2n) is 3.97. The highest BCUT2D eigenvalue weighted by Crippen LogP contribution is 2.31. The van der Waals surface area contributed by atoms with Gasteiger partial charge in [0.25, 0.3) is 0 Å². The molecule has 1 atom stereocenters. The van der Waals surface area contributed by atoms with Crippen molar-refractivity contribution in [1.82, 2.24) is 0 Å². The summed E-state index contributed by atoms with van der Waals surface area (Å²) in [4.78, 5) is 0. The lowest BCUT2D eigenvalue weighted by Gasteiger charge is -2.13. The Morgan fingerprint density at radius 3 is 2.73 bits per heavy atom. The number of phenols is 1. The van der Waals surface area contributed by atoms with E-state index in [0.29, 0.717) is 11.7 Å². The molecule has 1 rings (SSSR count). The first-order chi connectivity index (χ1) is 7.19. The summed E-state index contributed by atoms with van der Waals surface area (Å²) in [5.41, 5.74) is 1.23. The Morgan fingerprint density at radius 2 is 2.13 bits per heavy atom. The van der Waals surface area contributed by atoms with E-state index in [0.717, 1.165) is 0 Å². The molecule has 0 aliphatic rings. The van der Waals surface area contributed by atoms with Crippen molar-refractivity contribution in [2.24, 2.45) is 0 Å². The highest BCUT2D eigenvalue weighted by atomic mass is 16.5. The van der Waals surface area contributed by atoms with Gasteiger partial charge in [-0.05, 0) is 30.0 Å². The third-order valence-corrected chi connectivity index (χ3v) is 2.76. The Bertz CT molecular complexity index is 307. The number of unbranched alkanes of at least 4 members (excludes halogenated alkanes) is 1. The van der Waals surface area contributed by atoms with E-state index in [1.807, 2.05) is 12.1 Å². The Hall–Kier alpha value is -1.18. The van der Waals surface area contributed by atoms with Crippen LogP contribution in [0.3, 0.4) is 0 Å². The second kappa shape index (κ2) is 5.64. The summed E-state index contributed by atoms with van der Waals surface area (Å²) < 4.78 is 5.09. The van der Waals surface area contributed by atoms with E-state index in [-0.39, 0.29) is 5.75 Å². The van der Waals surface area contributed by atoms with Gasteiger partial charge in [0, 0.05) is 0 Å². The molecule has 0 heterocycles. The normalized spacial score (nSPS) is 12.5. The van der Waals surface area contributed by atoms with Crippen molar-refractivity contribution in [1.29, 1.82) is 0 Å². The molecule has 0 saturated heterocycles. The van der Waals surface area contributed by atoms with Gasteiger partial charge in [0.05, 0.1) is 7.11 Å². The largest absolute Gasteiger partial charge is 0.504 e. The van der Waals surface area contributed by atoms with Crippen LogP contribution in [0, 0.1) is 0 Å². The van der Waals surface area contributed by atoms with Crippen molar-refractivity contribution in [3.05, 3.63) is 23.8 Å². The zero-order valence-corrected chi connectivity index (χ0v) is 9.79. The fourth-order valence-corrected chi connectivity index (χ4v) is 1.68. The maximum absolute atomic E-state index is 9.47. The van der Waals surface area contributed by atoms with E-state index in [2.05, 4.69) is 13.8 Å². The maximum atomic E-state index is 9.47. The summed E-state index contributed by atoms with van der Waals surface area (Å²) >= 11 is 0. The zero-order valence-electron chi connectivity index (χ0n) is 9.79. The second-order valence-corrected chi connectivity index (χ2v) is 3.97. The van der Waals surface area contributed by atoms with Crippen LogP contribution in [0.4, 0.5) is 0 Å². The smallest absolute Gasteiger partial charge is 0.160 e. The molecular formula is C13H20O2. The minimum Gasteiger partial charge on any atom is -0.504 e. The molecular weight excluding hydrogens is 188 g/mol. The Balaban J connectivity index is 2.76. The van der Waals surface area contributed by atoms with Gasteiger partial charge in [-0.3, -0.25) is 0 Å². The number of benzene rings is 1. The molecule has 2 heteroatoms. The topological polar surface area (TPSA) is 29.5 Å². The highest BCUT2D eigenvalue weighted by molar-refractivity contribution is 5.42. The third-order valence-electron chi connectivity index (χ3n) is 2.76. The lowest BCUT2D eigenvalue weighted by molar-refractivity contribution is 0.372. The molecule has 0 aromatic heterocycles. The Kier molecular flexibility index (Phi) is 4.47. The van der Waals surface area contributed by atoms with Gasteiger partial charge in [-0.25, -0.2) is 0 Å². The van der Waals surface area contributed by atoms with E-state index in [1.54, 1.807) is 13.2 Å². The van der Waals surface area contributed by atoms with E-state index >= 15 is 0 Å². The number of phenolic OH excluding ortho intramolecular Hbond substituents is 1. The first kappa shape index (κ1) is 11.9. The van der Waals surface area contributed by atoms with Gasteiger partial charge in [0.15, 0.2) is 11.5 Å². The molecule has 0 saturated carbocycles. The van der Waals surface area contributed by atoms with Crippen LogP contribution in [-0.4, -0.2) is 12.2 Å². The van der Waals surface area contributed by atoms with E-state index in [1.165, 1.54) is 24.8 Å². The van der Waals surface area contributed by atoms with Gasteiger partial charge < -0.3 is 9.84 Å². The molecule has 0 spiro atoms. The highest BCUT2D eigenvalue weighted by Gasteiger charge is 2.08. The first-order valence-corrected chi connectivity index (χ1v) is 5.56. The molecule has 1 unspecified atom stereocenters. The summed E-state index contributed by atoms with van der Waals surface area (Å²) in [5.74, 6) is 1.30. The molecule has 0 fully saturated rings. The predicted octanol–water partition coefficient (Wildman–Crippen LogP) is 3.69. The number of rotatable bonds is 5. The van der Waals surface area contributed by atoms with Gasteiger partial charge in [-0.1, -0.05) is 32.8 Å². The summed E-state index contributed by atoms with van der Waals surface area (Å²) in [7, 11) is 1.58. The van der Waals surface area contributed by atoms with Crippen LogP contribution in [0.5, 0.6) is 11.5 Å². The number of hydrogen-bond donors (Lipinski definition) is 1. The zero-order chi connectivity index (χ0) is 11.3. The van der Waals surface area contributed by atoms with Gasteiger partial charge in [-0.15, -0.1) is 0 Å². The number of hydrogen-bond acceptors (Lipinski definition) is 2. The molecule has 0 radical (unpaired) electrons. The fraction of sp³-hybridized carbons (Fsp3) is 0.538. The molecule has 84 valence electrons. The van der Waals surface area contributed by atoms with Crippen LogP contribution in [0.2, 0.25) is 0 Å². The van der Waals surface area contributed by atoms with Gasteiger partial charge in [0.1, 0.15) is 0 Å². The van der Waals surface area contributed by atoms with Crippen LogP contribution in [0.1, 0.15) is 44.6 Å². The fourth-order valence-electron chi connectivity index (χ4n) is 1.68. The van der Waals surface area contributed by atoms with Crippen LogP contribution >= 0.6 is 0 Å². The SMILES string of the molecule is CCCCC(C)c1ccc(O)c(OC)c1. The number of methoxy groups -OCH3 is 1. The average molecular weight is 208 g/mol. The van der Waals surface area contributed by atoms with Crippen molar-refractivity contribution in [2.45, 2.75) is 39.0 Å². The standard InChI is InChI=1S/C13H20O2/c1-4-5-6-10(2)11-7-8-12(14)13(9-11)15-3/h7-10,14H,4-6H2,1-3H3. The quantitative estimate of drug-likeness (QED) is 0.799. The molecule has 0 bridgehead atoms. The van der Waals surface area contributed by atoms with Crippen LogP contribution < -0.4 is 4.74 Å². The molecule has 15 heavy (non-hydrogen) atoms. The van der Waals surface area contributed by atoms with Crippen LogP contribution in [-0.2, 0) is 0 Å². The van der Waals surface area contributed by atoms with Crippen molar-refractivity contribution >= 4 is 0 Å². The summed E-state index contributed by atoms with van der Waals surface area (Å²) in [6, 6.07) is 5.60. The van der Waals surface area contributed by atoms with Crippen molar-refractivity contribution in [3.8, 4) is 11.5 Å². The van der Waals surface area contributed by atoms with Crippen LogP contribution in [0.25, 0.3) is 0 Å². The minimum atomic E-state index is 0.212. The molecule has 2 nitrogen and oxygen atoms in total. The number of aromatic hydroxyl groups is 1. The third kappa shape index (κ3) is 3.15. The molecule has 1 N–H and O–H groups in total. The predicted molar refractivity (Wildman–Crippen MR) is 62.6 cm³/mol. The molecule has 1 aromatic rings. The first-order valence-electron chi connectivity index (χ1n) is 5.56. The van der Waals surface area contributed by atoms with Gasteiger partial charge in [0.2, 0.25) is 0 Å². The summed E-state index contributed by atoms with van der Waals surface area (Å²) in [6.07, 6.45) is 3.65. The maximum Gasteiger partial charge on any atom is 0.160 e. The van der Waals surface area contributed by atoms with E-state index < -0.39 is 0 Å². The van der Waals surface area contributed by atoms with Crippen molar-refractivity contribution < 1.29 is 9.84 Å². The van der Waals surface area contributed by atoms with Crippen molar-refractivity contribution in [3.63, 3.8) is 0 Å². The summed E-state index contributed by atoms with van der Waals surface area (Å²) in [5, 5.41) is 9.47. The Morgan fingerprint density at radius 1 is 1.40 bits per heavy atom. The average Bonchev–Trinajstić information content (AvgIpc) is 2.26. The minimum absolute atomic E-state index is 0.212. The molecule has 1 aromatic carbocycles.